The van der Waals surface area contributed by atoms with Crippen LogP contribution in [-0.4, -0.2) is 22.9 Å². The Hall–Kier alpha value is -3.74. The van der Waals surface area contributed by atoms with E-state index in [1.54, 1.807) is 17.2 Å². The molecule has 6 nitrogen and oxygen atoms in total. The number of amides is 2. The Kier molecular flexibility index (Phi) is 4.86. The van der Waals surface area contributed by atoms with Crippen LogP contribution in [0.3, 0.4) is 0 Å². The Bertz CT molecular complexity index is 1420. The quantitative estimate of drug-likeness (QED) is 0.303. The van der Waals surface area contributed by atoms with Gasteiger partial charge < -0.3 is 0 Å². The van der Waals surface area contributed by atoms with Gasteiger partial charge >= 0.3 is 0 Å². The van der Waals surface area contributed by atoms with E-state index in [9.17, 15) is 9.59 Å². The van der Waals surface area contributed by atoms with Crippen molar-refractivity contribution in [2.75, 3.05) is 9.96 Å². The highest BCUT2D eigenvalue weighted by Gasteiger charge is 2.60. The molecule has 0 saturated carbocycles. The molecule has 0 bridgehead atoms. The van der Waals surface area contributed by atoms with Gasteiger partial charge in [-0.2, -0.15) is 0 Å². The van der Waals surface area contributed by atoms with Crippen molar-refractivity contribution in [1.82, 2.24) is 4.98 Å². The van der Waals surface area contributed by atoms with Crippen molar-refractivity contribution in [3.8, 4) is 0 Å². The van der Waals surface area contributed by atoms with E-state index in [0.29, 0.717) is 11.3 Å². The van der Waals surface area contributed by atoms with Gasteiger partial charge in [-0.05, 0) is 43.3 Å². The number of rotatable bonds is 3. The Morgan fingerprint density at radius 1 is 0.853 bits per heavy atom. The number of imide groups is 1. The summed E-state index contributed by atoms with van der Waals surface area (Å²) in [6.45, 7) is 1.96. The first kappa shape index (κ1) is 20.8. The third kappa shape index (κ3) is 3.18. The molecule has 0 aliphatic carbocycles. The Morgan fingerprint density at radius 3 is 2.32 bits per heavy atom. The number of nitrogens with zero attached hydrogens (tertiary/aromatic N) is 3. The number of para-hydroxylation sites is 2. The van der Waals surface area contributed by atoms with E-state index < -0.39 is 18.1 Å². The summed E-state index contributed by atoms with van der Waals surface area (Å²) in [5.41, 5.74) is 3.71. The average Bonchev–Trinajstić information content (AvgIpc) is 3.36. The van der Waals surface area contributed by atoms with E-state index in [2.05, 4.69) is 4.98 Å². The molecule has 0 N–H and O–H groups in total. The molecule has 0 spiro atoms. The summed E-state index contributed by atoms with van der Waals surface area (Å²) in [4.78, 5) is 39.2. The van der Waals surface area contributed by atoms with E-state index in [-0.39, 0.29) is 17.0 Å². The molecule has 0 unspecified atom stereocenters. The van der Waals surface area contributed by atoms with Gasteiger partial charge in [-0.1, -0.05) is 65.7 Å². The SMILES string of the molecule is Cc1ccc(N2C(=O)[C@H]3[C@H](ON(c4ccccc4)[C@@H]3c3cc4ccccc4nc3Cl)C2=O)cc1. The van der Waals surface area contributed by atoms with Crippen LogP contribution < -0.4 is 9.96 Å². The second-order valence-electron chi connectivity index (χ2n) is 8.57. The lowest BCUT2D eigenvalue weighted by atomic mass is 9.90. The maximum absolute atomic E-state index is 13.8. The van der Waals surface area contributed by atoms with Gasteiger partial charge in [-0.15, -0.1) is 0 Å². The maximum Gasteiger partial charge on any atom is 0.266 e. The monoisotopic (exact) mass is 469 g/mol. The van der Waals surface area contributed by atoms with Crippen LogP contribution in [0.15, 0.2) is 84.9 Å². The molecule has 2 saturated heterocycles. The highest BCUT2D eigenvalue weighted by molar-refractivity contribution is 6.31. The fourth-order valence-electron chi connectivity index (χ4n) is 4.79. The minimum atomic E-state index is -0.957. The predicted molar refractivity (Wildman–Crippen MR) is 130 cm³/mol. The number of hydrogen-bond donors (Lipinski definition) is 0. The highest BCUT2D eigenvalue weighted by atomic mass is 35.5. The first-order valence-corrected chi connectivity index (χ1v) is 11.4. The van der Waals surface area contributed by atoms with Crippen molar-refractivity contribution >= 4 is 45.7 Å². The van der Waals surface area contributed by atoms with E-state index in [1.807, 2.05) is 79.7 Å². The Morgan fingerprint density at radius 2 is 1.56 bits per heavy atom. The molecule has 4 aromatic rings. The number of hydrogen-bond acceptors (Lipinski definition) is 5. The largest absolute Gasteiger partial charge is 0.273 e. The predicted octanol–water partition coefficient (Wildman–Crippen LogP) is 5.25. The topological polar surface area (TPSA) is 62.7 Å². The summed E-state index contributed by atoms with van der Waals surface area (Å²) in [6.07, 6.45) is -0.957. The zero-order valence-electron chi connectivity index (χ0n) is 18.3. The van der Waals surface area contributed by atoms with E-state index in [4.69, 9.17) is 16.4 Å². The average molecular weight is 470 g/mol. The molecule has 2 fully saturated rings. The van der Waals surface area contributed by atoms with Gasteiger partial charge in [0.2, 0.25) is 5.91 Å². The summed E-state index contributed by atoms with van der Waals surface area (Å²) < 4.78 is 0. The zero-order valence-corrected chi connectivity index (χ0v) is 19.0. The van der Waals surface area contributed by atoms with E-state index in [1.165, 1.54) is 4.90 Å². The molecule has 2 aliphatic heterocycles. The van der Waals surface area contributed by atoms with Crippen LogP contribution in [0.2, 0.25) is 5.15 Å². The van der Waals surface area contributed by atoms with Crippen LogP contribution in [0.5, 0.6) is 0 Å². The van der Waals surface area contributed by atoms with Crippen LogP contribution in [0.25, 0.3) is 10.9 Å². The number of fused-ring (bicyclic) bond motifs is 2. The van der Waals surface area contributed by atoms with Gasteiger partial charge in [0.05, 0.1) is 22.9 Å². The minimum Gasteiger partial charge on any atom is -0.273 e. The third-order valence-electron chi connectivity index (χ3n) is 6.44. The van der Waals surface area contributed by atoms with Crippen molar-refractivity contribution in [1.29, 1.82) is 0 Å². The van der Waals surface area contributed by atoms with Crippen LogP contribution in [0.4, 0.5) is 11.4 Å². The van der Waals surface area contributed by atoms with E-state index >= 15 is 0 Å². The lowest BCUT2D eigenvalue weighted by Gasteiger charge is -2.29. The molecule has 2 aliphatic rings. The minimum absolute atomic E-state index is 0.280. The van der Waals surface area contributed by atoms with Crippen molar-refractivity contribution in [2.24, 2.45) is 5.92 Å². The number of halogens is 1. The first-order valence-electron chi connectivity index (χ1n) is 11.0. The number of carbonyl (C=O) groups is 2. The number of hydroxylamine groups is 1. The summed E-state index contributed by atoms with van der Waals surface area (Å²) in [6, 6.07) is 25.7. The summed E-state index contributed by atoms with van der Waals surface area (Å²) in [7, 11) is 0. The standard InChI is InChI=1S/C27H20ClN3O3/c1-16-11-13-18(14-12-16)30-26(32)22-23(20-15-17-7-5-6-10-21(17)29-25(20)28)31(34-24(22)27(30)33)19-8-3-2-4-9-19/h2-15,22-24H,1H3/t22-,23-,24+/m1/s1. The summed E-state index contributed by atoms with van der Waals surface area (Å²) in [5.74, 6) is -1.46. The number of anilines is 2. The molecule has 3 atom stereocenters. The molecule has 168 valence electrons. The normalized spacial score (nSPS) is 22.0. The molecule has 34 heavy (non-hydrogen) atoms. The fraction of sp³-hybridized carbons (Fsp3) is 0.148. The molecule has 6 rings (SSSR count). The van der Waals surface area contributed by atoms with Crippen molar-refractivity contribution < 1.29 is 14.4 Å². The summed E-state index contributed by atoms with van der Waals surface area (Å²) in [5, 5.41) is 2.81. The van der Waals surface area contributed by atoms with Crippen LogP contribution in [-0.2, 0) is 14.4 Å². The fourth-order valence-corrected chi connectivity index (χ4v) is 5.05. The van der Waals surface area contributed by atoms with Crippen molar-refractivity contribution in [2.45, 2.75) is 19.1 Å². The number of pyridine rings is 1. The van der Waals surface area contributed by atoms with Gasteiger partial charge in [0.15, 0.2) is 6.10 Å². The van der Waals surface area contributed by atoms with E-state index in [0.717, 1.165) is 22.2 Å². The van der Waals surface area contributed by atoms with Crippen molar-refractivity contribution in [3.63, 3.8) is 0 Å². The molecular weight excluding hydrogens is 450 g/mol. The first-order chi connectivity index (χ1) is 16.5. The number of aromatic nitrogens is 1. The molecule has 0 radical (unpaired) electrons. The number of carbonyl (C=O) groups excluding carboxylic acids is 2. The number of benzene rings is 3. The molecule has 3 aromatic carbocycles. The van der Waals surface area contributed by atoms with Gasteiger partial charge in [0, 0.05) is 10.9 Å². The van der Waals surface area contributed by atoms with Gasteiger partial charge in [0.1, 0.15) is 11.1 Å². The van der Waals surface area contributed by atoms with Gasteiger partial charge in [-0.3, -0.25) is 14.4 Å². The molecule has 2 amide bonds. The lowest BCUT2D eigenvalue weighted by Crippen LogP contribution is -2.37. The zero-order chi connectivity index (χ0) is 23.4. The molecule has 3 heterocycles. The third-order valence-corrected chi connectivity index (χ3v) is 6.74. The molecule has 1 aromatic heterocycles. The lowest BCUT2D eigenvalue weighted by molar-refractivity contribution is -0.126. The molecule has 7 heteroatoms. The maximum atomic E-state index is 13.8. The Labute approximate surface area is 201 Å². The second-order valence-corrected chi connectivity index (χ2v) is 8.92. The van der Waals surface area contributed by atoms with Gasteiger partial charge in [0.25, 0.3) is 5.91 Å². The summed E-state index contributed by atoms with van der Waals surface area (Å²) >= 11 is 6.68. The van der Waals surface area contributed by atoms with Crippen molar-refractivity contribution in [3.05, 3.63) is 101 Å². The van der Waals surface area contributed by atoms with Crippen LogP contribution in [0.1, 0.15) is 17.2 Å². The Balaban J connectivity index is 1.49. The smallest absolute Gasteiger partial charge is 0.266 e. The number of aryl methyl sites for hydroxylation is 1. The van der Waals surface area contributed by atoms with Gasteiger partial charge in [-0.25, -0.2) is 14.9 Å². The molecular formula is C27H20ClN3O3. The highest BCUT2D eigenvalue weighted by Crippen LogP contribution is 2.49. The van der Waals surface area contributed by atoms with Crippen LogP contribution >= 0.6 is 11.6 Å². The van der Waals surface area contributed by atoms with Crippen LogP contribution in [0, 0.1) is 12.8 Å². The second kappa shape index (κ2) is 7.94.